The molecule has 0 aromatic heterocycles. The van der Waals surface area contributed by atoms with Gasteiger partial charge in [-0.1, -0.05) is 42.5 Å². The molecule has 6 rings (SSSR count). The maximum Gasteiger partial charge on any atom is 0.320 e. The fourth-order valence-corrected chi connectivity index (χ4v) is 8.07. The van der Waals surface area contributed by atoms with Crippen LogP contribution in [0.25, 0.3) is 0 Å². The Hall–Kier alpha value is -7.47. The quantitative estimate of drug-likeness (QED) is 0.0137. The van der Waals surface area contributed by atoms with E-state index in [1.165, 1.54) is 32.2 Å². The van der Waals surface area contributed by atoms with Crippen LogP contribution in [0.4, 0.5) is 0 Å². The Kier molecular flexibility index (Phi) is 22.0. The van der Waals surface area contributed by atoms with E-state index in [9.17, 15) is 58.8 Å². The molecule has 0 spiro atoms. The van der Waals surface area contributed by atoms with Crippen LogP contribution < -0.4 is 44.4 Å². The van der Waals surface area contributed by atoms with Crippen LogP contribution in [0.15, 0.2) is 53.6 Å². The van der Waals surface area contributed by atoms with Crippen molar-refractivity contribution in [1.29, 1.82) is 0 Å². The van der Waals surface area contributed by atoms with E-state index in [2.05, 4.69) is 10.5 Å². The smallest absolute Gasteiger partial charge is 0.320 e. The number of carbonyl (C=O) groups is 8. The van der Waals surface area contributed by atoms with Crippen molar-refractivity contribution in [2.45, 2.75) is 133 Å². The molecule has 2 amide bonds. The lowest BCUT2D eigenvalue weighted by Gasteiger charge is -2.42. The van der Waals surface area contributed by atoms with Crippen LogP contribution in [0.5, 0.6) is 17.2 Å². The number of hydrazine groups is 1. The molecule has 1 heterocycles. The van der Waals surface area contributed by atoms with Crippen molar-refractivity contribution in [2.75, 3.05) is 7.11 Å². The third-order valence-corrected chi connectivity index (χ3v) is 12.5. The second kappa shape index (κ2) is 27.4. The van der Waals surface area contributed by atoms with Crippen molar-refractivity contribution < 1.29 is 93.0 Å². The molecule has 414 valence electrons. The van der Waals surface area contributed by atoms with Gasteiger partial charge in [0.25, 0.3) is 0 Å². The molecular weight excluding hydrogens is 1000 g/mol. The Balaban J connectivity index is 0.000000363. The van der Waals surface area contributed by atoms with Crippen molar-refractivity contribution in [1.82, 2.24) is 10.9 Å². The molecule has 27 heteroatoms. The third kappa shape index (κ3) is 15.6. The Morgan fingerprint density at radius 1 is 0.816 bits per heavy atom. The predicted molar refractivity (Wildman–Crippen MR) is 264 cm³/mol. The summed E-state index contributed by atoms with van der Waals surface area (Å²) >= 11 is 0. The van der Waals surface area contributed by atoms with Gasteiger partial charge in [0.05, 0.1) is 47.8 Å². The number of hydrazone groups is 1. The van der Waals surface area contributed by atoms with Crippen LogP contribution in [0.3, 0.4) is 0 Å². The number of aliphatic hydroxyl groups excluding tert-OH is 1. The van der Waals surface area contributed by atoms with Crippen molar-refractivity contribution in [2.24, 2.45) is 33.9 Å². The summed E-state index contributed by atoms with van der Waals surface area (Å²) in [4.78, 5) is 93.2. The number of aliphatic hydroxyl groups is 2. The van der Waals surface area contributed by atoms with Crippen LogP contribution in [-0.2, 0) is 56.0 Å². The molecule has 19 N–H and O–H groups in total. The number of methoxy groups -OCH3 is 1. The number of hydrogen-bond acceptors (Lipinski definition) is 22. The lowest BCUT2D eigenvalue weighted by molar-refractivity contribution is -0.245. The van der Waals surface area contributed by atoms with E-state index < -0.39 is 131 Å². The van der Waals surface area contributed by atoms with Gasteiger partial charge in [0.2, 0.25) is 17.6 Å². The van der Waals surface area contributed by atoms with Crippen molar-refractivity contribution in [3.63, 3.8) is 0 Å². The zero-order valence-electron chi connectivity index (χ0n) is 41.7. The first-order chi connectivity index (χ1) is 35.8. The van der Waals surface area contributed by atoms with E-state index in [0.29, 0.717) is 0 Å². The highest BCUT2D eigenvalue weighted by atomic mass is 16.7. The highest BCUT2D eigenvalue weighted by Crippen LogP contribution is 2.52. The second-order valence-electron chi connectivity index (χ2n) is 18.0. The number of amides is 2. The summed E-state index contributed by atoms with van der Waals surface area (Å²) < 4.78 is 22.3. The Labute approximate surface area is 434 Å². The molecule has 1 aliphatic heterocycles. The number of carboxylic acids is 3. The molecule has 76 heavy (non-hydrogen) atoms. The monoisotopic (exact) mass is 1070 g/mol. The van der Waals surface area contributed by atoms with Gasteiger partial charge in [-0.3, -0.25) is 43.8 Å². The van der Waals surface area contributed by atoms with Crippen molar-refractivity contribution >= 4 is 53.0 Å². The van der Waals surface area contributed by atoms with Gasteiger partial charge in [-0.05, 0) is 44.7 Å². The molecule has 0 bridgehead atoms. The fourth-order valence-electron chi connectivity index (χ4n) is 8.07. The number of aliphatic carboxylic acids is 3. The maximum atomic E-state index is 13.9. The Bertz CT molecular complexity index is 2660. The van der Waals surface area contributed by atoms with E-state index in [-0.39, 0.29) is 91.7 Å². The van der Waals surface area contributed by atoms with Crippen LogP contribution in [0.1, 0.15) is 120 Å². The largest absolute Gasteiger partial charge is 0.507 e. The van der Waals surface area contributed by atoms with Crippen LogP contribution in [0, 0.1) is 0 Å². The number of esters is 1. The molecule has 9 atom stereocenters. The summed E-state index contributed by atoms with van der Waals surface area (Å²) in [5, 5.41) is 75.4. The average Bonchev–Trinajstić information content (AvgIpc) is 3.39. The van der Waals surface area contributed by atoms with Gasteiger partial charge < -0.3 is 77.6 Å². The zero-order chi connectivity index (χ0) is 56.8. The minimum Gasteiger partial charge on any atom is -0.507 e. The number of rotatable bonds is 19. The molecule has 3 aromatic rings. The molecule has 1 fully saturated rings. The van der Waals surface area contributed by atoms with Gasteiger partial charge in [0.1, 0.15) is 47.6 Å². The number of phenolic OH excluding ortho intramolecular Hbond substituents is 2. The van der Waals surface area contributed by atoms with Gasteiger partial charge in [-0.15, -0.1) is 0 Å². The van der Waals surface area contributed by atoms with Gasteiger partial charge in [-0.2, -0.15) is 5.10 Å². The van der Waals surface area contributed by atoms with E-state index in [1.54, 1.807) is 6.92 Å². The highest BCUT2D eigenvalue weighted by molar-refractivity contribution is 6.31. The van der Waals surface area contributed by atoms with Gasteiger partial charge in [0.15, 0.2) is 12.1 Å². The van der Waals surface area contributed by atoms with Gasteiger partial charge in [-0.25, -0.2) is 11.3 Å². The first-order valence-corrected chi connectivity index (χ1v) is 23.6. The zero-order valence-corrected chi connectivity index (χ0v) is 41.7. The third-order valence-electron chi connectivity index (χ3n) is 12.5. The number of aromatic hydroxyl groups is 2. The number of ketones is 2. The normalized spacial score (nSPS) is 21.7. The number of nitrogens with one attached hydrogen (secondary N) is 2. The van der Waals surface area contributed by atoms with E-state index in [1.807, 2.05) is 35.8 Å². The number of carbonyl (C=O) groups excluding carboxylic acids is 5. The molecule has 9 unspecified atom stereocenters. The first kappa shape index (κ1) is 61.1. The Morgan fingerprint density at radius 3 is 1.93 bits per heavy atom. The number of phenols is 2. The molecule has 0 saturated carbocycles. The molecule has 27 nitrogen and oxygen atoms in total. The standard InChI is InChI=1S/C32H38N4O12.C12H15NO4.C5H11N3O3/c1-12-26(38)17(34)9-21(47-12)48-19-11-32(45,13(2)35-36-20(37)8-7-16(33)31(43)44)10-15-23(19)30(42)25-24(28(15)40)27(39)14-5-4-6-18(46-3)22(14)29(25)41;13-10(12(15)16)6-7-11(14)17-8-9-4-2-1-3-5-9;6-3(5(10)11)1-2-4(9)8-7/h4-6,12,16-17,19,21,26,38,40,42,45H,7-11,33-34H2,1-3H3,(H,36,37)(H,43,44);1-5,10H,6-8,13H2,(H,15,16);3H,1-2,6-7H2,(H,8,9)(H,10,11)/b35-13+;;. The summed E-state index contributed by atoms with van der Waals surface area (Å²) in [5.74, 6) is -3.05. The van der Waals surface area contributed by atoms with Gasteiger partial charge >= 0.3 is 23.9 Å². The van der Waals surface area contributed by atoms with Crippen molar-refractivity contribution in [3.05, 3.63) is 87.5 Å². The lowest BCUT2D eigenvalue weighted by atomic mass is 9.72. The number of nitrogens with zero attached hydrogens (tertiary/aromatic N) is 1. The number of ether oxygens (including phenoxy) is 4. The number of benzene rings is 3. The summed E-state index contributed by atoms with van der Waals surface area (Å²) in [5.41, 5.74) is 23.6. The topological polar surface area (TPSA) is 482 Å². The predicted octanol–water partition coefficient (Wildman–Crippen LogP) is -0.786. The lowest BCUT2D eigenvalue weighted by Crippen LogP contribution is -2.52. The van der Waals surface area contributed by atoms with Crippen LogP contribution >= 0.6 is 0 Å². The summed E-state index contributed by atoms with van der Waals surface area (Å²) in [7, 11) is 1.32. The highest BCUT2D eigenvalue weighted by Gasteiger charge is 2.49. The fraction of sp³-hybridized carbons (Fsp3) is 0.449. The average molecular weight is 1070 g/mol. The van der Waals surface area contributed by atoms with Crippen LogP contribution in [0.2, 0.25) is 0 Å². The van der Waals surface area contributed by atoms with Crippen molar-refractivity contribution in [3.8, 4) is 17.2 Å². The minimum atomic E-state index is -1.97. The Morgan fingerprint density at radius 2 is 1.38 bits per heavy atom. The number of nitrogens with two attached hydrogens (primary N) is 5. The molecule has 1 saturated heterocycles. The number of carboxylic acid groups (broad SMARTS) is 3. The second-order valence-corrected chi connectivity index (χ2v) is 18.0. The molecule has 2 aliphatic carbocycles. The number of hydrogen-bond donors (Lipinski definition) is 14. The minimum absolute atomic E-state index is 0.0110. The summed E-state index contributed by atoms with van der Waals surface area (Å²) in [6, 6.07) is 9.62. The molecular formula is C49H64N8O19. The molecule has 3 aromatic carbocycles. The first-order valence-electron chi connectivity index (χ1n) is 23.6. The van der Waals surface area contributed by atoms with E-state index >= 15 is 0 Å². The SMILES string of the molecule is COc1cccc2c1C(=O)c1c(O)c3c(c(O)c1C2=O)CC(O)(/C(C)=N/NC(=O)CCC(N)C(=O)O)CC3OC1CC(N)C(O)C(C)O1.NC(CCC(=O)OCc1ccccc1)C(=O)O.NNC(=O)CCC(N)C(=O)O. The number of fused-ring (bicyclic) bond motifs is 3. The molecule has 3 aliphatic rings. The van der Waals surface area contributed by atoms with Gasteiger partial charge in [0, 0.05) is 61.3 Å². The molecule has 0 radical (unpaired) electrons. The summed E-state index contributed by atoms with van der Waals surface area (Å²) in [6.07, 6.45) is -5.08. The van der Waals surface area contributed by atoms with E-state index in [4.69, 9.17) is 63.0 Å². The van der Waals surface area contributed by atoms with E-state index in [0.717, 1.165) is 5.56 Å². The maximum absolute atomic E-state index is 13.9. The summed E-state index contributed by atoms with van der Waals surface area (Å²) in [6.45, 7) is 3.17. The van der Waals surface area contributed by atoms with Crippen LogP contribution in [-0.4, -0.2) is 144 Å².